The smallest absolute Gasteiger partial charge is 0.253 e. The summed E-state index contributed by atoms with van der Waals surface area (Å²) in [4.78, 5) is 27.1. The van der Waals surface area contributed by atoms with Gasteiger partial charge in [0.1, 0.15) is 5.75 Å². The molecule has 0 bridgehead atoms. The van der Waals surface area contributed by atoms with Gasteiger partial charge in [0.15, 0.2) is 0 Å². The van der Waals surface area contributed by atoms with Crippen LogP contribution in [0.15, 0.2) is 42.5 Å². The minimum atomic E-state index is -0.291. The lowest BCUT2D eigenvalue weighted by atomic mass is 9.96. The van der Waals surface area contributed by atoms with Gasteiger partial charge < -0.3 is 20.7 Å². The van der Waals surface area contributed by atoms with Gasteiger partial charge in [0.25, 0.3) is 5.91 Å². The van der Waals surface area contributed by atoms with Crippen molar-refractivity contribution in [3.8, 4) is 5.75 Å². The van der Waals surface area contributed by atoms with Gasteiger partial charge in [-0.15, -0.1) is 12.4 Å². The summed E-state index contributed by atoms with van der Waals surface area (Å²) in [7, 11) is 1.55. The van der Waals surface area contributed by atoms with E-state index in [-0.39, 0.29) is 30.1 Å². The normalized spacial score (nSPS) is 16.1. The molecule has 1 aliphatic rings. The van der Waals surface area contributed by atoms with Gasteiger partial charge in [-0.05, 0) is 49.2 Å². The lowest BCUT2D eigenvalue weighted by molar-refractivity contribution is -0.121. The van der Waals surface area contributed by atoms with E-state index in [1.807, 2.05) is 0 Å². The molecule has 6 nitrogen and oxygen atoms in total. The molecule has 3 N–H and O–H groups in total. The van der Waals surface area contributed by atoms with Gasteiger partial charge in [0.2, 0.25) is 5.91 Å². The van der Waals surface area contributed by atoms with E-state index in [1.54, 1.807) is 54.5 Å². The Labute approximate surface area is 175 Å². The first kappa shape index (κ1) is 21.9. The predicted octanol–water partition coefficient (Wildman–Crippen LogP) is 3.84. The SMILES string of the molecule is COc1ccc(N)c(NC(=O)C2CCCN(C(=O)c3ccc(Cl)cc3)C2)c1.Cl. The standard InChI is InChI=1S/C20H22ClN3O3.ClH/c1-27-16-8-9-17(22)18(11-16)23-19(25)14-3-2-10-24(12-14)20(26)13-4-6-15(21)7-5-13;/h4-9,11,14H,2-3,10,12,22H2,1H3,(H,23,25);1H. The van der Waals surface area contributed by atoms with Crippen molar-refractivity contribution < 1.29 is 14.3 Å². The number of hydrogen-bond donors (Lipinski definition) is 2. The van der Waals surface area contributed by atoms with E-state index in [4.69, 9.17) is 22.1 Å². The third-order valence-electron chi connectivity index (χ3n) is 4.69. The molecule has 0 aromatic heterocycles. The van der Waals surface area contributed by atoms with E-state index in [0.29, 0.717) is 40.8 Å². The molecule has 0 radical (unpaired) electrons. The van der Waals surface area contributed by atoms with Crippen molar-refractivity contribution in [2.24, 2.45) is 5.92 Å². The molecule has 1 heterocycles. The molecule has 1 saturated heterocycles. The Morgan fingerprint density at radius 2 is 1.93 bits per heavy atom. The third-order valence-corrected chi connectivity index (χ3v) is 4.94. The number of nitrogens with zero attached hydrogens (tertiary/aromatic N) is 1. The average Bonchev–Trinajstić information content (AvgIpc) is 2.69. The van der Waals surface area contributed by atoms with Crippen molar-refractivity contribution in [2.45, 2.75) is 12.8 Å². The number of halogens is 2. The maximum atomic E-state index is 12.7. The number of ether oxygens (including phenoxy) is 1. The molecule has 8 heteroatoms. The number of hydrogen-bond acceptors (Lipinski definition) is 4. The number of benzene rings is 2. The first-order valence-corrected chi connectivity index (χ1v) is 9.15. The maximum absolute atomic E-state index is 12.7. The van der Waals surface area contributed by atoms with Crippen LogP contribution in [0.2, 0.25) is 5.02 Å². The second-order valence-corrected chi connectivity index (χ2v) is 6.98. The largest absolute Gasteiger partial charge is 0.497 e. The van der Waals surface area contributed by atoms with Gasteiger partial charge >= 0.3 is 0 Å². The summed E-state index contributed by atoms with van der Waals surface area (Å²) >= 11 is 5.88. The zero-order chi connectivity index (χ0) is 19.4. The summed E-state index contributed by atoms with van der Waals surface area (Å²) < 4.78 is 5.17. The van der Waals surface area contributed by atoms with Crippen LogP contribution in [0.1, 0.15) is 23.2 Å². The second-order valence-electron chi connectivity index (χ2n) is 6.54. The highest BCUT2D eigenvalue weighted by atomic mass is 35.5. The summed E-state index contributed by atoms with van der Waals surface area (Å²) in [5.74, 6) is 0.0805. The van der Waals surface area contributed by atoms with Crippen molar-refractivity contribution in [2.75, 3.05) is 31.2 Å². The van der Waals surface area contributed by atoms with Crippen LogP contribution in [-0.2, 0) is 4.79 Å². The highest BCUT2D eigenvalue weighted by Gasteiger charge is 2.29. The van der Waals surface area contributed by atoms with Crippen molar-refractivity contribution in [3.63, 3.8) is 0 Å². The van der Waals surface area contributed by atoms with Crippen LogP contribution >= 0.6 is 24.0 Å². The van der Waals surface area contributed by atoms with Gasteiger partial charge in [-0.25, -0.2) is 0 Å². The Morgan fingerprint density at radius 1 is 1.21 bits per heavy atom. The topological polar surface area (TPSA) is 84.7 Å². The molecule has 0 aliphatic carbocycles. The molecule has 2 aromatic carbocycles. The summed E-state index contributed by atoms with van der Waals surface area (Å²) in [6.45, 7) is 1.00. The number of amides is 2. The van der Waals surface area contributed by atoms with Crippen LogP contribution in [0.5, 0.6) is 5.75 Å². The number of rotatable bonds is 4. The zero-order valence-corrected chi connectivity index (χ0v) is 17.1. The van der Waals surface area contributed by atoms with Crippen molar-refractivity contribution in [3.05, 3.63) is 53.1 Å². The number of likely N-dealkylation sites (tertiary alicyclic amines) is 1. The quantitative estimate of drug-likeness (QED) is 0.731. The minimum absolute atomic E-state index is 0. The van der Waals surface area contributed by atoms with Gasteiger partial charge in [-0.1, -0.05) is 11.6 Å². The molecule has 3 rings (SSSR count). The highest BCUT2D eigenvalue weighted by molar-refractivity contribution is 6.30. The fourth-order valence-electron chi connectivity index (χ4n) is 3.16. The Kier molecular flexibility index (Phi) is 7.54. The van der Waals surface area contributed by atoms with Crippen molar-refractivity contribution in [1.29, 1.82) is 0 Å². The summed E-state index contributed by atoms with van der Waals surface area (Å²) in [5.41, 5.74) is 7.49. The van der Waals surface area contributed by atoms with Crippen LogP contribution in [-0.4, -0.2) is 36.9 Å². The monoisotopic (exact) mass is 423 g/mol. The lowest BCUT2D eigenvalue weighted by Crippen LogP contribution is -2.43. The van der Waals surface area contributed by atoms with Crippen LogP contribution in [0, 0.1) is 5.92 Å². The summed E-state index contributed by atoms with van der Waals surface area (Å²) in [6.07, 6.45) is 1.49. The summed E-state index contributed by atoms with van der Waals surface area (Å²) in [5, 5.41) is 3.44. The first-order valence-electron chi connectivity index (χ1n) is 8.77. The molecular formula is C20H23Cl2N3O3. The molecule has 1 fully saturated rings. The predicted molar refractivity (Wildman–Crippen MR) is 113 cm³/mol. The van der Waals surface area contributed by atoms with Gasteiger partial charge in [-0.2, -0.15) is 0 Å². The fourth-order valence-corrected chi connectivity index (χ4v) is 3.28. The Morgan fingerprint density at radius 3 is 2.61 bits per heavy atom. The molecule has 1 atom stereocenters. The van der Waals surface area contributed by atoms with Crippen LogP contribution in [0.25, 0.3) is 0 Å². The van der Waals surface area contributed by atoms with E-state index >= 15 is 0 Å². The molecule has 1 aliphatic heterocycles. The Balaban J connectivity index is 0.00000280. The van der Waals surface area contributed by atoms with Gasteiger partial charge in [0.05, 0.1) is 24.4 Å². The van der Waals surface area contributed by atoms with Crippen LogP contribution in [0.4, 0.5) is 11.4 Å². The highest BCUT2D eigenvalue weighted by Crippen LogP contribution is 2.26. The van der Waals surface area contributed by atoms with E-state index in [1.165, 1.54) is 0 Å². The Hall–Kier alpha value is -2.44. The number of nitrogen functional groups attached to an aromatic ring is 1. The van der Waals surface area contributed by atoms with E-state index < -0.39 is 0 Å². The number of nitrogens with one attached hydrogen (secondary N) is 1. The van der Waals surface area contributed by atoms with Gasteiger partial charge in [0, 0.05) is 29.7 Å². The molecule has 28 heavy (non-hydrogen) atoms. The molecule has 2 aromatic rings. The average molecular weight is 424 g/mol. The fraction of sp³-hybridized carbons (Fsp3) is 0.300. The van der Waals surface area contributed by atoms with Crippen molar-refractivity contribution >= 4 is 47.2 Å². The molecule has 150 valence electrons. The number of piperidine rings is 1. The van der Waals surface area contributed by atoms with Gasteiger partial charge in [-0.3, -0.25) is 9.59 Å². The number of methoxy groups -OCH3 is 1. The lowest BCUT2D eigenvalue weighted by Gasteiger charge is -2.32. The van der Waals surface area contributed by atoms with Crippen LogP contribution < -0.4 is 15.8 Å². The van der Waals surface area contributed by atoms with Crippen LogP contribution in [0.3, 0.4) is 0 Å². The maximum Gasteiger partial charge on any atom is 0.253 e. The molecule has 1 unspecified atom stereocenters. The number of nitrogens with two attached hydrogens (primary N) is 1. The number of anilines is 2. The van der Waals surface area contributed by atoms with Crippen molar-refractivity contribution in [1.82, 2.24) is 4.90 Å². The second kappa shape index (κ2) is 9.66. The van der Waals surface area contributed by atoms with E-state index in [0.717, 1.165) is 12.8 Å². The molecule has 2 amide bonds. The molecular weight excluding hydrogens is 401 g/mol. The third kappa shape index (κ3) is 5.09. The summed E-state index contributed by atoms with van der Waals surface area (Å²) in [6, 6.07) is 11.9. The zero-order valence-electron chi connectivity index (χ0n) is 15.5. The number of carbonyl (C=O) groups is 2. The number of carbonyl (C=O) groups excluding carboxylic acids is 2. The minimum Gasteiger partial charge on any atom is -0.497 e. The molecule has 0 saturated carbocycles. The van der Waals surface area contributed by atoms with E-state index in [2.05, 4.69) is 5.32 Å². The Bertz CT molecular complexity index is 843. The van der Waals surface area contributed by atoms with E-state index in [9.17, 15) is 9.59 Å². The first-order chi connectivity index (χ1) is 13.0. The molecule has 0 spiro atoms.